The highest BCUT2D eigenvalue weighted by atomic mass is 16.8. The maximum Gasteiger partial charge on any atom is 0.534 e. The molecule has 2 bridgehead atoms. The van der Waals surface area contributed by atoms with Gasteiger partial charge in [0.05, 0.1) is 47.7 Å². The lowest BCUT2D eigenvalue weighted by Crippen LogP contribution is -2.36. The van der Waals surface area contributed by atoms with Gasteiger partial charge in [-0.1, -0.05) is 23.1 Å². The van der Waals surface area contributed by atoms with Crippen molar-refractivity contribution in [2.45, 2.75) is 25.2 Å². The van der Waals surface area contributed by atoms with Crippen molar-refractivity contribution in [3.63, 3.8) is 0 Å². The third kappa shape index (κ3) is 3.72. The average Bonchev–Trinajstić information content (AvgIpc) is 3.47. The minimum atomic E-state index is -1.38. The molecule has 3 aliphatic heterocycles. The van der Waals surface area contributed by atoms with Crippen molar-refractivity contribution < 1.29 is 43.1 Å². The molecule has 0 aromatic heterocycles. The lowest BCUT2D eigenvalue weighted by Gasteiger charge is -2.19. The number of nitrogens with zero attached hydrogens (tertiary/aromatic N) is 2. The first-order valence-corrected chi connectivity index (χ1v) is 9.79. The summed E-state index contributed by atoms with van der Waals surface area (Å²) in [5.41, 5.74) is -0.459. The Bertz CT molecular complexity index is 1080. The molecule has 0 aliphatic carbocycles. The fraction of sp³-hybridized carbons (Fsp3) is 0.381. The van der Waals surface area contributed by atoms with Crippen molar-refractivity contribution in [2.24, 2.45) is 11.8 Å². The molecule has 1 aromatic rings. The Labute approximate surface area is 187 Å². The van der Waals surface area contributed by atoms with Crippen LogP contribution in [0.4, 0.5) is 10.5 Å². The quantitative estimate of drug-likeness (QED) is 0.148. The number of amides is 2. The maximum absolute atomic E-state index is 12.6. The van der Waals surface area contributed by atoms with Gasteiger partial charge in [0.15, 0.2) is 11.5 Å². The van der Waals surface area contributed by atoms with Crippen LogP contribution in [0.1, 0.15) is 18.6 Å². The second-order valence-electron chi connectivity index (χ2n) is 7.39. The maximum atomic E-state index is 12.6. The molecule has 3 heterocycles. The lowest BCUT2D eigenvalue weighted by atomic mass is 9.85. The number of carbonyl (C=O) groups is 3. The molecule has 5 atom stereocenters. The van der Waals surface area contributed by atoms with Gasteiger partial charge in [0, 0.05) is 0 Å². The molecule has 4 rings (SSSR count). The van der Waals surface area contributed by atoms with Crippen LogP contribution >= 0.6 is 0 Å². The van der Waals surface area contributed by atoms with Crippen molar-refractivity contribution in [1.29, 1.82) is 0 Å². The van der Waals surface area contributed by atoms with Gasteiger partial charge in [-0.25, -0.2) is 4.79 Å². The third-order valence-corrected chi connectivity index (χ3v) is 5.57. The predicted octanol–water partition coefficient (Wildman–Crippen LogP) is 1.68. The van der Waals surface area contributed by atoms with E-state index < -0.39 is 58.7 Å². The standard InChI is InChI=1S/C21H18N2O10/c1-4-7-30-16-9-12(23(27)28)11(8-15(16)29-3)10(2)31-21(26)33-22-19(24)17-13-5-6-14(32-13)18(17)20(22)25/h1,5-6,8-10,13-14,17-18H,7H2,2-3H3. The minimum Gasteiger partial charge on any atom is -0.493 e. The zero-order valence-electron chi connectivity index (χ0n) is 17.5. The Kier molecular flexibility index (Phi) is 5.65. The first-order valence-electron chi connectivity index (χ1n) is 9.79. The molecule has 2 fully saturated rings. The van der Waals surface area contributed by atoms with Crippen LogP contribution in [0.5, 0.6) is 11.5 Å². The highest BCUT2D eigenvalue weighted by Crippen LogP contribution is 2.45. The Morgan fingerprint density at radius 1 is 1.24 bits per heavy atom. The second kappa shape index (κ2) is 8.44. The third-order valence-electron chi connectivity index (χ3n) is 5.57. The molecule has 12 heteroatoms. The molecule has 33 heavy (non-hydrogen) atoms. The van der Waals surface area contributed by atoms with Crippen LogP contribution < -0.4 is 9.47 Å². The number of carbonyl (C=O) groups excluding carboxylic acids is 3. The summed E-state index contributed by atoms with van der Waals surface area (Å²) in [5.74, 6) is -0.564. The number of hydroxylamine groups is 2. The number of methoxy groups -OCH3 is 1. The van der Waals surface area contributed by atoms with Crippen LogP contribution in [0, 0.1) is 34.3 Å². The number of hydrogen-bond donors (Lipinski definition) is 0. The summed E-state index contributed by atoms with van der Waals surface area (Å²) in [5, 5.41) is 11.9. The second-order valence-corrected chi connectivity index (χ2v) is 7.39. The fourth-order valence-electron chi connectivity index (χ4n) is 4.11. The van der Waals surface area contributed by atoms with Gasteiger partial charge < -0.3 is 18.9 Å². The summed E-state index contributed by atoms with van der Waals surface area (Å²) in [4.78, 5) is 53.2. The van der Waals surface area contributed by atoms with E-state index in [1.165, 1.54) is 20.1 Å². The summed E-state index contributed by atoms with van der Waals surface area (Å²) in [7, 11) is 1.32. The molecule has 0 saturated carbocycles. The molecular formula is C21H18N2O10. The Hall–Kier alpha value is -4.11. The number of terminal acetylenes is 1. The van der Waals surface area contributed by atoms with Crippen LogP contribution in [-0.2, 0) is 23.9 Å². The SMILES string of the molecule is C#CCOc1cc([N+](=O)[O-])c(C(C)OC(=O)ON2C(=O)C3C4C=CC(O4)C3C2=O)cc1OC. The number of rotatable bonds is 7. The van der Waals surface area contributed by atoms with E-state index in [-0.39, 0.29) is 23.7 Å². The normalized spacial score (nSPS) is 25.4. The molecule has 2 saturated heterocycles. The van der Waals surface area contributed by atoms with Crippen molar-refractivity contribution in [1.82, 2.24) is 5.06 Å². The van der Waals surface area contributed by atoms with E-state index in [1.807, 2.05) is 0 Å². The van der Waals surface area contributed by atoms with Gasteiger partial charge in [-0.2, -0.15) is 0 Å². The topological polar surface area (TPSA) is 144 Å². The molecule has 5 unspecified atom stereocenters. The smallest absolute Gasteiger partial charge is 0.493 e. The van der Waals surface area contributed by atoms with Gasteiger partial charge in [0.1, 0.15) is 12.7 Å². The van der Waals surface area contributed by atoms with E-state index in [4.69, 9.17) is 30.2 Å². The minimum absolute atomic E-state index is 0.0333. The fourth-order valence-corrected chi connectivity index (χ4v) is 4.11. The number of nitro benzene ring substituents is 1. The van der Waals surface area contributed by atoms with Crippen molar-refractivity contribution in [2.75, 3.05) is 13.7 Å². The zero-order chi connectivity index (χ0) is 23.9. The number of fused-ring (bicyclic) bond motifs is 5. The molecule has 172 valence electrons. The predicted molar refractivity (Wildman–Crippen MR) is 107 cm³/mol. The van der Waals surface area contributed by atoms with Gasteiger partial charge in [-0.3, -0.25) is 24.5 Å². The summed E-state index contributed by atoms with van der Waals surface area (Å²) >= 11 is 0. The van der Waals surface area contributed by atoms with E-state index in [9.17, 15) is 24.5 Å². The van der Waals surface area contributed by atoms with E-state index in [1.54, 1.807) is 12.2 Å². The van der Waals surface area contributed by atoms with Crippen molar-refractivity contribution in [3.8, 4) is 23.8 Å². The van der Waals surface area contributed by atoms with Crippen LogP contribution in [0.2, 0.25) is 0 Å². The zero-order valence-corrected chi connectivity index (χ0v) is 17.5. The number of hydrogen-bond acceptors (Lipinski definition) is 10. The van der Waals surface area contributed by atoms with Crippen LogP contribution in [0.15, 0.2) is 24.3 Å². The summed E-state index contributed by atoms with van der Waals surface area (Å²) in [6.07, 6.45) is 4.83. The molecule has 2 amide bonds. The Morgan fingerprint density at radius 2 is 1.88 bits per heavy atom. The lowest BCUT2D eigenvalue weighted by molar-refractivity contribution is -0.386. The molecule has 0 radical (unpaired) electrons. The first-order chi connectivity index (χ1) is 15.8. The summed E-state index contributed by atoms with van der Waals surface area (Å²) < 4.78 is 21.0. The number of nitro groups is 1. The van der Waals surface area contributed by atoms with Gasteiger partial charge in [0.2, 0.25) is 0 Å². The molecular weight excluding hydrogens is 440 g/mol. The van der Waals surface area contributed by atoms with Crippen molar-refractivity contribution >= 4 is 23.7 Å². The number of benzene rings is 1. The van der Waals surface area contributed by atoms with Crippen molar-refractivity contribution in [3.05, 3.63) is 40.0 Å². The summed E-state index contributed by atoms with van der Waals surface area (Å²) in [6, 6.07) is 2.35. The Balaban J connectivity index is 1.49. The highest BCUT2D eigenvalue weighted by molar-refractivity contribution is 6.06. The Morgan fingerprint density at radius 3 is 2.42 bits per heavy atom. The number of imide groups is 1. The monoisotopic (exact) mass is 458 g/mol. The van der Waals surface area contributed by atoms with E-state index in [2.05, 4.69) is 5.92 Å². The van der Waals surface area contributed by atoms with E-state index in [0.29, 0.717) is 5.06 Å². The molecule has 3 aliphatic rings. The summed E-state index contributed by atoms with van der Waals surface area (Å²) in [6.45, 7) is 1.21. The van der Waals surface area contributed by atoms with Gasteiger partial charge in [0.25, 0.3) is 17.5 Å². The molecule has 0 N–H and O–H groups in total. The van der Waals surface area contributed by atoms with E-state index >= 15 is 0 Å². The largest absolute Gasteiger partial charge is 0.534 e. The van der Waals surface area contributed by atoms with Gasteiger partial charge >= 0.3 is 6.16 Å². The van der Waals surface area contributed by atoms with E-state index in [0.717, 1.165) is 6.07 Å². The highest BCUT2D eigenvalue weighted by Gasteiger charge is 2.62. The first kappa shape index (κ1) is 22.1. The molecule has 0 spiro atoms. The van der Waals surface area contributed by atoms with Gasteiger partial charge in [-0.05, 0) is 13.0 Å². The van der Waals surface area contributed by atoms with Gasteiger partial charge in [-0.15, -0.1) is 6.42 Å². The van der Waals surface area contributed by atoms with Crippen LogP contribution in [0.3, 0.4) is 0 Å². The average molecular weight is 458 g/mol. The van der Waals surface area contributed by atoms with Crippen LogP contribution in [-0.4, -0.2) is 53.9 Å². The molecule has 12 nitrogen and oxygen atoms in total. The van der Waals surface area contributed by atoms with Crippen LogP contribution in [0.25, 0.3) is 0 Å². The molecule has 1 aromatic carbocycles. The number of ether oxygens (including phenoxy) is 4.